The lowest BCUT2D eigenvalue weighted by Crippen LogP contribution is -2.42. The standard InChI is InChI=1S/C18H30N2O/c1-14(2)16(19)11-12-20(5)17(21)18(3,4)13-15-9-7-6-8-10-15/h6-10,14,16H,11-13,19H2,1-5H3. The summed E-state index contributed by atoms with van der Waals surface area (Å²) >= 11 is 0. The van der Waals surface area contributed by atoms with Crippen molar-refractivity contribution in [3.63, 3.8) is 0 Å². The Kier molecular flexibility index (Phi) is 6.41. The van der Waals surface area contributed by atoms with Crippen LogP contribution in [0.15, 0.2) is 30.3 Å². The molecular formula is C18H30N2O. The van der Waals surface area contributed by atoms with E-state index in [9.17, 15) is 4.79 Å². The monoisotopic (exact) mass is 290 g/mol. The minimum absolute atomic E-state index is 0.150. The predicted molar refractivity (Wildman–Crippen MR) is 89.0 cm³/mol. The molecule has 0 aromatic heterocycles. The maximum Gasteiger partial charge on any atom is 0.228 e. The summed E-state index contributed by atoms with van der Waals surface area (Å²) in [5, 5.41) is 0. The van der Waals surface area contributed by atoms with E-state index in [2.05, 4.69) is 26.0 Å². The summed E-state index contributed by atoms with van der Waals surface area (Å²) < 4.78 is 0. The molecule has 118 valence electrons. The fraction of sp³-hybridized carbons (Fsp3) is 0.611. The lowest BCUT2D eigenvalue weighted by molar-refractivity contribution is -0.139. The summed E-state index contributed by atoms with van der Waals surface area (Å²) in [6.45, 7) is 8.98. The molecule has 2 N–H and O–H groups in total. The van der Waals surface area contributed by atoms with Crippen LogP contribution in [0.4, 0.5) is 0 Å². The average molecular weight is 290 g/mol. The minimum atomic E-state index is -0.391. The number of nitrogens with two attached hydrogens (primary N) is 1. The zero-order chi connectivity index (χ0) is 16.0. The van der Waals surface area contributed by atoms with Crippen molar-refractivity contribution >= 4 is 5.91 Å². The lowest BCUT2D eigenvalue weighted by Gasteiger charge is -2.30. The molecular weight excluding hydrogens is 260 g/mol. The number of amides is 1. The Bertz CT molecular complexity index is 440. The van der Waals surface area contributed by atoms with Gasteiger partial charge in [0.15, 0.2) is 0 Å². The van der Waals surface area contributed by atoms with E-state index in [-0.39, 0.29) is 11.9 Å². The molecule has 0 radical (unpaired) electrons. The van der Waals surface area contributed by atoms with Gasteiger partial charge >= 0.3 is 0 Å². The number of hydrogen-bond donors (Lipinski definition) is 1. The summed E-state index contributed by atoms with van der Waals surface area (Å²) in [5.41, 5.74) is 6.87. The smallest absolute Gasteiger partial charge is 0.228 e. The SMILES string of the molecule is CC(C)C(N)CCN(C)C(=O)C(C)(C)Cc1ccccc1. The molecule has 0 aliphatic heterocycles. The van der Waals surface area contributed by atoms with E-state index in [0.717, 1.165) is 19.4 Å². The van der Waals surface area contributed by atoms with E-state index in [1.807, 2.05) is 44.0 Å². The minimum Gasteiger partial charge on any atom is -0.345 e. The second-order valence-corrected chi connectivity index (χ2v) is 6.97. The Morgan fingerprint density at radius 2 is 1.81 bits per heavy atom. The molecule has 0 saturated heterocycles. The molecule has 0 spiro atoms. The first-order valence-corrected chi connectivity index (χ1v) is 7.79. The molecule has 0 fully saturated rings. The van der Waals surface area contributed by atoms with Crippen molar-refractivity contribution in [2.45, 2.75) is 46.6 Å². The maximum atomic E-state index is 12.6. The molecule has 1 amide bonds. The van der Waals surface area contributed by atoms with Gasteiger partial charge in [0.2, 0.25) is 5.91 Å². The number of hydrogen-bond acceptors (Lipinski definition) is 2. The van der Waals surface area contributed by atoms with E-state index in [4.69, 9.17) is 5.73 Å². The summed E-state index contributed by atoms with van der Waals surface area (Å²) in [4.78, 5) is 14.5. The van der Waals surface area contributed by atoms with E-state index in [1.165, 1.54) is 5.56 Å². The highest BCUT2D eigenvalue weighted by Crippen LogP contribution is 2.24. The van der Waals surface area contributed by atoms with Crippen LogP contribution < -0.4 is 5.73 Å². The molecule has 0 heterocycles. The largest absolute Gasteiger partial charge is 0.345 e. The fourth-order valence-electron chi connectivity index (χ4n) is 2.48. The molecule has 3 heteroatoms. The highest BCUT2D eigenvalue weighted by Gasteiger charge is 2.30. The average Bonchev–Trinajstić information content (AvgIpc) is 2.43. The van der Waals surface area contributed by atoms with Crippen LogP contribution in [0.3, 0.4) is 0 Å². The third kappa shape index (κ3) is 5.50. The number of nitrogens with zero attached hydrogens (tertiary/aromatic N) is 1. The topological polar surface area (TPSA) is 46.3 Å². The van der Waals surface area contributed by atoms with Gasteiger partial charge in [-0.15, -0.1) is 0 Å². The van der Waals surface area contributed by atoms with Crippen molar-refractivity contribution in [3.05, 3.63) is 35.9 Å². The summed E-state index contributed by atoms with van der Waals surface area (Å²) in [6.07, 6.45) is 1.61. The second-order valence-electron chi connectivity index (χ2n) is 6.97. The first-order chi connectivity index (χ1) is 9.74. The van der Waals surface area contributed by atoms with Crippen molar-refractivity contribution in [2.75, 3.05) is 13.6 Å². The third-order valence-corrected chi connectivity index (χ3v) is 4.07. The van der Waals surface area contributed by atoms with Crippen LogP contribution in [0.25, 0.3) is 0 Å². The molecule has 1 aromatic carbocycles. The number of carbonyl (C=O) groups is 1. The highest BCUT2D eigenvalue weighted by molar-refractivity contribution is 5.82. The van der Waals surface area contributed by atoms with E-state index in [1.54, 1.807) is 0 Å². The molecule has 1 aromatic rings. The van der Waals surface area contributed by atoms with Crippen LogP contribution in [-0.4, -0.2) is 30.4 Å². The van der Waals surface area contributed by atoms with Gasteiger partial charge in [-0.1, -0.05) is 58.0 Å². The Morgan fingerprint density at radius 1 is 1.24 bits per heavy atom. The van der Waals surface area contributed by atoms with Crippen LogP contribution in [0.2, 0.25) is 0 Å². The van der Waals surface area contributed by atoms with Crippen molar-refractivity contribution in [3.8, 4) is 0 Å². The first-order valence-electron chi connectivity index (χ1n) is 7.79. The maximum absolute atomic E-state index is 12.6. The van der Waals surface area contributed by atoms with E-state index in [0.29, 0.717) is 5.92 Å². The van der Waals surface area contributed by atoms with Crippen LogP contribution in [0.1, 0.15) is 39.7 Å². The van der Waals surface area contributed by atoms with Gasteiger partial charge in [-0.25, -0.2) is 0 Å². The molecule has 1 rings (SSSR count). The summed E-state index contributed by atoms with van der Waals surface area (Å²) in [7, 11) is 1.88. The van der Waals surface area contributed by atoms with E-state index >= 15 is 0 Å². The van der Waals surface area contributed by atoms with Gasteiger partial charge in [-0.3, -0.25) is 4.79 Å². The van der Waals surface area contributed by atoms with Crippen LogP contribution in [0.5, 0.6) is 0 Å². The zero-order valence-electron chi connectivity index (χ0n) is 14.1. The van der Waals surface area contributed by atoms with Gasteiger partial charge in [-0.05, 0) is 24.3 Å². The van der Waals surface area contributed by atoms with Crippen LogP contribution in [-0.2, 0) is 11.2 Å². The van der Waals surface area contributed by atoms with Gasteiger partial charge in [0.1, 0.15) is 0 Å². The van der Waals surface area contributed by atoms with Gasteiger partial charge in [0.25, 0.3) is 0 Å². The Morgan fingerprint density at radius 3 is 2.33 bits per heavy atom. The van der Waals surface area contributed by atoms with Crippen LogP contribution >= 0.6 is 0 Å². The molecule has 3 nitrogen and oxygen atoms in total. The van der Waals surface area contributed by atoms with Gasteiger partial charge in [0, 0.05) is 25.0 Å². The molecule has 21 heavy (non-hydrogen) atoms. The van der Waals surface area contributed by atoms with Gasteiger partial charge in [-0.2, -0.15) is 0 Å². The molecule has 0 aliphatic carbocycles. The van der Waals surface area contributed by atoms with Crippen molar-refractivity contribution < 1.29 is 4.79 Å². The summed E-state index contributed by atoms with van der Waals surface area (Å²) in [5.74, 6) is 0.633. The Labute approximate surface area is 129 Å². The van der Waals surface area contributed by atoms with E-state index < -0.39 is 5.41 Å². The van der Waals surface area contributed by atoms with Crippen molar-refractivity contribution in [1.29, 1.82) is 0 Å². The Hall–Kier alpha value is -1.35. The first kappa shape index (κ1) is 17.7. The third-order valence-electron chi connectivity index (χ3n) is 4.07. The predicted octanol–water partition coefficient (Wildman–Crippen LogP) is 3.09. The molecule has 0 aliphatic rings. The van der Waals surface area contributed by atoms with Crippen molar-refractivity contribution in [1.82, 2.24) is 4.90 Å². The fourth-order valence-corrected chi connectivity index (χ4v) is 2.48. The molecule has 0 bridgehead atoms. The second kappa shape index (κ2) is 7.60. The molecule has 0 saturated carbocycles. The van der Waals surface area contributed by atoms with Gasteiger partial charge in [0.05, 0.1) is 0 Å². The van der Waals surface area contributed by atoms with Crippen LogP contribution in [0, 0.1) is 11.3 Å². The molecule has 1 unspecified atom stereocenters. The number of carbonyl (C=O) groups excluding carboxylic acids is 1. The highest BCUT2D eigenvalue weighted by atomic mass is 16.2. The zero-order valence-corrected chi connectivity index (χ0v) is 14.1. The number of benzene rings is 1. The van der Waals surface area contributed by atoms with Crippen molar-refractivity contribution in [2.24, 2.45) is 17.1 Å². The lowest BCUT2D eigenvalue weighted by atomic mass is 9.84. The molecule has 1 atom stereocenters. The Balaban J connectivity index is 2.59. The normalized spacial score (nSPS) is 13.3. The summed E-state index contributed by atoms with van der Waals surface area (Å²) in [6, 6.07) is 10.3. The quantitative estimate of drug-likeness (QED) is 0.839. The number of rotatable bonds is 7. The van der Waals surface area contributed by atoms with Gasteiger partial charge < -0.3 is 10.6 Å².